The van der Waals surface area contributed by atoms with Crippen LogP contribution in [0.4, 0.5) is 5.69 Å². The summed E-state index contributed by atoms with van der Waals surface area (Å²) in [6, 6.07) is 21.1. The lowest BCUT2D eigenvalue weighted by atomic mass is 9.85. The minimum Gasteiger partial charge on any atom is -0.497 e. The highest BCUT2D eigenvalue weighted by molar-refractivity contribution is 6.23. The predicted octanol–water partition coefficient (Wildman–Crippen LogP) is 4.86. The molecule has 3 aromatic carbocycles. The molecule has 0 radical (unpaired) electrons. The largest absolute Gasteiger partial charge is 0.497 e. The third-order valence-electron chi connectivity index (χ3n) is 8.08. The fourth-order valence-corrected chi connectivity index (χ4v) is 6.39. The Labute approximate surface area is 219 Å². The molecule has 2 aliphatic carbocycles. The SMILES string of the molecule is COc1ccc(C(=C2[C@H]3C=C[C@H]2[C@H]2C(=O)N(c4ccc5c(c4)OCO5)C(=O)[C@@H]23)c2ccc(OC)cc2)cc1. The van der Waals surface area contributed by atoms with E-state index in [0.717, 1.165) is 33.8 Å². The van der Waals surface area contributed by atoms with E-state index < -0.39 is 11.8 Å². The molecule has 7 rings (SSSR count). The Morgan fingerprint density at radius 2 is 1.26 bits per heavy atom. The van der Waals surface area contributed by atoms with E-state index in [0.29, 0.717) is 17.2 Å². The number of nitrogens with zero attached hydrogens (tertiary/aromatic N) is 1. The van der Waals surface area contributed by atoms with Crippen molar-refractivity contribution in [1.82, 2.24) is 0 Å². The lowest BCUT2D eigenvalue weighted by molar-refractivity contribution is -0.122. The molecule has 0 spiro atoms. The van der Waals surface area contributed by atoms with Gasteiger partial charge in [0.1, 0.15) is 11.5 Å². The van der Waals surface area contributed by atoms with Crippen LogP contribution in [0.15, 0.2) is 84.5 Å². The fourth-order valence-electron chi connectivity index (χ4n) is 6.39. The molecule has 190 valence electrons. The first kappa shape index (κ1) is 22.7. The Hall–Kier alpha value is -4.52. The Balaban J connectivity index is 1.32. The van der Waals surface area contributed by atoms with E-state index in [9.17, 15) is 9.59 Å². The van der Waals surface area contributed by atoms with E-state index in [-0.39, 0.29) is 30.4 Å². The lowest BCUT2D eigenvalue weighted by Gasteiger charge is -2.22. The maximum absolute atomic E-state index is 13.8. The summed E-state index contributed by atoms with van der Waals surface area (Å²) in [5.74, 6) is 1.14. The number of allylic oxidation sites excluding steroid dienone is 3. The van der Waals surface area contributed by atoms with Crippen molar-refractivity contribution in [2.45, 2.75) is 0 Å². The molecule has 2 bridgehead atoms. The first-order chi connectivity index (χ1) is 18.6. The van der Waals surface area contributed by atoms with Gasteiger partial charge in [-0.1, -0.05) is 36.4 Å². The van der Waals surface area contributed by atoms with Crippen LogP contribution in [0, 0.1) is 23.7 Å². The average Bonchev–Trinajstić information content (AvgIpc) is 3.72. The van der Waals surface area contributed by atoms with Crippen LogP contribution >= 0.6 is 0 Å². The van der Waals surface area contributed by atoms with E-state index in [1.165, 1.54) is 4.90 Å². The molecular formula is C31H25NO6. The van der Waals surface area contributed by atoms with Gasteiger partial charge < -0.3 is 18.9 Å². The van der Waals surface area contributed by atoms with Crippen LogP contribution in [0.2, 0.25) is 0 Å². The maximum atomic E-state index is 13.8. The fraction of sp³-hybridized carbons (Fsp3) is 0.226. The van der Waals surface area contributed by atoms with Crippen LogP contribution in [-0.2, 0) is 9.59 Å². The highest BCUT2D eigenvalue weighted by Gasteiger charge is 2.62. The van der Waals surface area contributed by atoms with Gasteiger partial charge in [0.05, 0.1) is 31.7 Å². The zero-order valence-electron chi connectivity index (χ0n) is 20.9. The molecule has 4 atom stereocenters. The number of benzene rings is 3. The molecule has 1 saturated carbocycles. The molecule has 1 saturated heterocycles. The Kier molecular flexibility index (Phi) is 5.08. The third-order valence-corrected chi connectivity index (χ3v) is 8.08. The monoisotopic (exact) mass is 507 g/mol. The van der Waals surface area contributed by atoms with Crippen LogP contribution in [0.3, 0.4) is 0 Å². The molecule has 2 fully saturated rings. The molecule has 2 heterocycles. The second-order valence-electron chi connectivity index (χ2n) is 9.82. The number of anilines is 1. The van der Waals surface area contributed by atoms with E-state index in [1.807, 2.05) is 48.5 Å². The topological polar surface area (TPSA) is 74.3 Å². The summed E-state index contributed by atoms with van der Waals surface area (Å²) in [5, 5.41) is 0. The van der Waals surface area contributed by atoms with Crippen molar-refractivity contribution in [3.8, 4) is 23.0 Å². The second kappa shape index (κ2) is 8.52. The number of carbonyl (C=O) groups is 2. The maximum Gasteiger partial charge on any atom is 0.238 e. The molecular weight excluding hydrogens is 482 g/mol. The van der Waals surface area contributed by atoms with Gasteiger partial charge >= 0.3 is 0 Å². The van der Waals surface area contributed by atoms with Gasteiger partial charge in [0.2, 0.25) is 18.6 Å². The van der Waals surface area contributed by atoms with E-state index >= 15 is 0 Å². The summed E-state index contributed by atoms with van der Waals surface area (Å²) < 4.78 is 21.6. The van der Waals surface area contributed by atoms with Crippen LogP contribution in [0.1, 0.15) is 11.1 Å². The van der Waals surface area contributed by atoms with E-state index in [2.05, 4.69) is 12.2 Å². The van der Waals surface area contributed by atoms with Gasteiger partial charge in [-0.05, 0) is 58.7 Å². The van der Waals surface area contributed by atoms with Gasteiger partial charge in [-0.2, -0.15) is 0 Å². The molecule has 2 amide bonds. The van der Waals surface area contributed by atoms with E-state index in [4.69, 9.17) is 18.9 Å². The minimum atomic E-state index is -0.440. The van der Waals surface area contributed by atoms with Crippen molar-refractivity contribution in [2.24, 2.45) is 23.7 Å². The van der Waals surface area contributed by atoms with Crippen molar-refractivity contribution >= 4 is 23.1 Å². The molecule has 0 N–H and O–H groups in total. The predicted molar refractivity (Wildman–Crippen MR) is 140 cm³/mol. The van der Waals surface area contributed by atoms with Crippen LogP contribution in [0.5, 0.6) is 23.0 Å². The number of carbonyl (C=O) groups excluding carboxylic acids is 2. The zero-order valence-corrected chi connectivity index (χ0v) is 20.9. The molecule has 7 heteroatoms. The Bertz CT molecular complexity index is 1440. The van der Waals surface area contributed by atoms with Crippen molar-refractivity contribution in [1.29, 1.82) is 0 Å². The van der Waals surface area contributed by atoms with Gasteiger partial charge in [0.25, 0.3) is 0 Å². The number of methoxy groups -OCH3 is 2. The Morgan fingerprint density at radius 3 is 1.79 bits per heavy atom. The summed E-state index contributed by atoms with van der Waals surface area (Å²) in [6.45, 7) is 0.133. The summed E-state index contributed by atoms with van der Waals surface area (Å²) >= 11 is 0. The number of amides is 2. The molecule has 4 aliphatic rings. The molecule has 38 heavy (non-hydrogen) atoms. The average molecular weight is 508 g/mol. The van der Waals surface area contributed by atoms with Gasteiger partial charge in [-0.3, -0.25) is 9.59 Å². The van der Waals surface area contributed by atoms with Gasteiger partial charge in [-0.25, -0.2) is 4.90 Å². The third kappa shape index (κ3) is 3.21. The number of imide groups is 1. The highest BCUT2D eigenvalue weighted by atomic mass is 16.7. The summed E-state index contributed by atoms with van der Waals surface area (Å²) in [5.41, 5.74) is 4.70. The molecule has 3 aromatic rings. The smallest absolute Gasteiger partial charge is 0.238 e. The van der Waals surface area contributed by atoms with Crippen molar-refractivity contribution < 1.29 is 28.5 Å². The van der Waals surface area contributed by atoms with Gasteiger partial charge in [0.15, 0.2) is 11.5 Å². The van der Waals surface area contributed by atoms with Crippen LogP contribution in [-0.4, -0.2) is 32.8 Å². The van der Waals surface area contributed by atoms with Crippen LogP contribution < -0.4 is 23.8 Å². The van der Waals surface area contributed by atoms with Gasteiger partial charge in [0, 0.05) is 17.9 Å². The summed E-state index contributed by atoms with van der Waals surface area (Å²) in [4.78, 5) is 29.0. The van der Waals surface area contributed by atoms with Crippen molar-refractivity contribution in [3.05, 3.63) is 95.6 Å². The standard InChI is InChI=1S/C31H25NO6/c1-35-20-8-3-17(4-9-20)26(18-5-10-21(36-2)11-6-18)27-22-12-13-23(27)29-28(22)30(33)32(31(29)34)19-7-14-24-25(15-19)38-16-37-24/h3-15,22-23,28-29H,16H2,1-2H3/t22-,23-,28-,29-/m1/s1. The highest BCUT2D eigenvalue weighted by Crippen LogP contribution is 2.59. The number of rotatable bonds is 5. The minimum absolute atomic E-state index is 0.133. The summed E-state index contributed by atoms with van der Waals surface area (Å²) in [7, 11) is 3.28. The number of ether oxygens (including phenoxy) is 4. The lowest BCUT2D eigenvalue weighted by Crippen LogP contribution is -2.33. The van der Waals surface area contributed by atoms with Gasteiger partial charge in [-0.15, -0.1) is 0 Å². The number of hydrogen-bond acceptors (Lipinski definition) is 6. The molecule has 7 nitrogen and oxygen atoms in total. The zero-order chi connectivity index (χ0) is 26.0. The first-order valence-corrected chi connectivity index (χ1v) is 12.6. The normalized spacial score (nSPS) is 24.3. The number of hydrogen-bond donors (Lipinski definition) is 0. The molecule has 0 aromatic heterocycles. The number of fused-ring (bicyclic) bond motifs is 6. The molecule has 0 unspecified atom stereocenters. The quantitative estimate of drug-likeness (QED) is 0.363. The Morgan fingerprint density at radius 1 is 0.737 bits per heavy atom. The van der Waals surface area contributed by atoms with E-state index in [1.54, 1.807) is 32.4 Å². The van der Waals surface area contributed by atoms with Crippen LogP contribution in [0.25, 0.3) is 5.57 Å². The van der Waals surface area contributed by atoms with Crippen molar-refractivity contribution in [2.75, 3.05) is 25.9 Å². The van der Waals surface area contributed by atoms with Crippen molar-refractivity contribution in [3.63, 3.8) is 0 Å². The second-order valence-corrected chi connectivity index (χ2v) is 9.82. The molecule has 2 aliphatic heterocycles. The first-order valence-electron chi connectivity index (χ1n) is 12.6. The summed E-state index contributed by atoms with van der Waals surface area (Å²) in [6.07, 6.45) is 4.20.